The average molecular weight is 641 g/mol. The van der Waals surface area contributed by atoms with Gasteiger partial charge in [0.25, 0.3) is 0 Å². The monoisotopic (exact) mass is 641 g/mol. The second-order valence-corrected chi connectivity index (χ2v) is 12.1. The van der Waals surface area contributed by atoms with Crippen molar-refractivity contribution in [1.82, 2.24) is 9.55 Å². The van der Waals surface area contributed by atoms with E-state index in [0.29, 0.717) is 0 Å². The van der Waals surface area contributed by atoms with Crippen molar-refractivity contribution in [2.75, 3.05) is 4.90 Å². The Morgan fingerprint density at radius 3 is 2.06 bits per heavy atom. The summed E-state index contributed by atoms with van der Waals surface area (Å²) in [4.78, 5) is 7.69. The van der Waals surface area contributed by atoms with E-state index in [0.717, 1.165) is 22.6 Å². The minimum atomic E-state index is -0.352. The number of hydrogen-bond acceptors (Lipinski definition) is 2. The third kappa shape index (κ3) is 2.84. The second-order valence-electron chi connectivity index (χ2n) is 12.1. The molecule has 0 N–H and O–H groups in total. The van der Waals surface area contributed by atoms with Gasteiger partial charge in [-0.25, -0.2) is 0 Å². The molecule has 1 aliphatic carbocycles. The van der Waals surface area contributed by atoms with Crippen molar-refractivity contribution in [2.24, 2.45) is 5.41 Å². The van der Waals surface area contributed by atoms with E-state index in [4.69, 9.17) is 4.98 Å². The number of benzene rings is 3. The number of imidazole rings is 1. The van der Waals surface area contributed by atoms with Gasteiger partial charge >= 0.3 is 0 Å². The van der Waals surface area contributed by atoms with Gasteiger partial charge in [-0.05, 0) is 71.2 Å². The molecule has 2 aliphatic rings. The van der Waals surface area contributed by atoms with Crippen LogP contribution >= 0.6 is 0 Å². The molecule has 0 saturated carbocycles. The molecule has 0 unspecified atom stereocenters. The number of rotatable bonds is 1. The molecular formula is C31H34IrN3-. The first-order valence-corrected chi connectivity index (χ1v) is 12.3. The van der Waals surface area contributed by atoms with Gasteiger partial charge in [0.05, 0.1) is 16.9 Å². The largest absolute Gasteiger partial charge is 0.360 e. The molecule has 183 valence electrons. The van der Waals surface area contributed by atoms with Crippen LogP contribution in [0.3, 0.4) is 0 Å². The summed E-state index contributed by atoms with van der Waals surface area (Å²) in [6.45, 7) is 19.0. The van der Waals surface area contributed by atoms with E-state index in [1.54, 1.807) is 0 Å². The summed E-state index contributed by atoms with van der Waals surface area (Å²) in [6, 6.07) is 25.3. The van der Waals surface area contributed by atoms with Crippen molar-refractivity contribution in [3.8, 4) is 11.4 Å². The minimum Gasteiger partial charge on any atom is -0.360 e. The molecule has 4 aromatic rings. The summed E-state index contributed by atoms with van der Waals surface area (Å²) in [6.07, 6.45) is 0. The van der Waals surface area contributed by atoms with Gasteiger partial charge in [-0.3, -0.25) is 4.98 Å². The molecule has 4 heteroatoms. The van der Waals surface area contributed by atoms with Gasteiger partial charge < -0.3 is 9.47 Å². The maximum absolute atomic E-state index is 5.26. The van der Waals surface area contributed by atoms with Crippen molar-refractivity contribution in [2.45, 2.75) is 71.9 Å². The Balaban J connectivity index is 0.00000253. The summed E-state index contributed by atoms with van der Waals surface area (Å²) in [5, 5.41) is 0. The first-order chi connectivity index (χ1) is 15.9. The van der Waals surface area contributed by atoms with Gasteiger partial charge in [-0.2, -0.15) is 0 Å². The van der Waals surface area contributed by atoms with Gasteiger partial charge in [-0.1, -0.05) is 65.3 Å². The number of aromatic nitrogens is 2. The van der Waals surface area contributed by atoms with Crippen LogP contribution in [0.4, 0.5) is 11.4 Å². The van der Waals surface area contributed by atoms with Gasteiger partial charge in [0.2, 0.25) is 0 Å². The molecular weight excluding hydrogens is 607 g/mol. The van der Waals surface area contributed by atoms with Crippen LogP contribution in [0.1, 0.15) is 66.5 Å². The van der Waals surface area contributed by atoms with Crippen molar-refractivity contribution in [1.29, 1.82) is 0 Å². The molecule has 3 aromatic carbocycles. The smallest absolute Gasteiger partial charge is 0.101 e. The summed E-state index contributed by atoms with van der Waals surface area (Å²) in [7, 11) is 0. The first-order valence-electron chi connectivity index (χ1n) is 12.3. The summed E-state index contributed by atoms with van der Waals surface area (Å²) in [5.74, 6) is 1.00. The summed E-state index contributed by atoms with van der Waals surface area (Å²) in [5.41, 5.74) is 8.40. The van der Waals surface area contributed by atoms with Gasteiger partial charge in [0, 0.05) is 25.8 Å². The summed E-state index contributed by atoms with van der Waals surface area (Å²) < 4.78 is 2.43. The molecule has 0 atom stereocenters. The second kappa shape index (κ2) is 7.31. The van der Waals surface area contributed by atoms with Crippen LogP contribution < -0.4 is 4.90 Å². The summed E-state index contributed by atoms with van der Waals surface area (Å²) >= 11 is 0. The first kappa shape index (κ1) is 24.3. The van der Waals surface area contributed by atoms with Crippen LogP contribution in [0.2, 0.25) is 0 Å². The van der Waals surface area contributed by atoms with E-state index in [1.165, 1.54) is 22.3 Å². The normalized spacial score (nSPS) is 20.1. The third-order valence-corrected chi connectivity index (χ3v) is 9.67. The van der Waals surface area contributed by atoms with Crippen LogP contribution in [0.15, 0.2) is 60.7 Å². The molecule has 1 aliphatic heterocycles. The van der Waals surface area contributed by atoms with Crippen molar-refractivity contribution in [3.63, 3.8) is 0 Å². The molecule has 0 bridgehead atoms. The van der Waals surface area contributed by atoms with Crippen LogP contribution in [0, 0.1) is 11.5 Å². The van der Waals surface area contributed by atoms with E-state index >= 15 is 0 Å². The minimum absolute atomic E-state index is 0. The molecule has 6 rings (SSSR count). The number of hydrogen-bond donors (Lipinski definition) is 0. The molecule has 1 radical (unpaired) electrons. The maximum Gasteiger partial charge on any atom is 0.101 e. The predicted molar refractivity (Wildman–Crippen MR) is 142 cm³/mol. The van der Waals surface area contributed by atoms with E-state index in [-0.39, 0.29) is 42.0 Å². The maximum atomic E-state index is 5.26. The Kier molecular flexibility index (Phi) is 5.07. The van der Waals surface area contributed by atoms with E-state index in [1.807, 2.05) is 6.07 Å². The van der Waals surface area contributed by atoms with Crippen LogP contribution in [0.25, 0.3) is 22.4 Å². The Morgan fingerprint density at radius 2 is 1.40 bits per heavy atom. The van der Waals surface area contributed by atoms with Gasteiger partial charge in [0.15, 0.2) is 0 Å². The molecule has 0 spiro atoms. The van der Waals surface area contributed by atoms with E-state index in [9.17, 15) is 0 Å². The number of nitrogens with zero attached hydrogens (tertiary/aromatic N) is 3. The van der Waals surface area contributed by atoms with Crippen LogP contribution in [-0.4, -0.2) is 9.55 Å². The van der Waals surface area contributed by atoms with Crippen LogP contribution in [-0.2, 0) is 36.6 Å². The van der Waals surface area contributed by atoms with E-state index in [2.05, 4.69) is 126 Å². The SMILES string of the molecule is CC1(C)N(c2ccccc2)c2ccc[c-]c2-c2nc3cc4c(cc3n21)C(C)(C)C(C)(C)C4(C)C.[Ir]. The van der Waals surface area contributed by atoms with Crippen molar-refractivity contribution in [3.05, 3.63) is 77.9 Å². The molecule has 0 fully saturated rings. The zero-order chi connectivity index (χ0) is 24.3. The third-order valence-electron chi connectivity index (χ3n) is 9.67. The zero-order valence-electron chi connectivity index (χ0n) is 21.9. The number of anilines is 2. The van der Waals surface area contributed by atoms with Gasteiger partial charge in [0.1, 0.15) is 5.66 Å². The fraction of sp³-hybridized carbons (Fsp3) is 0.387. The molecule has 35 heavy (non-hydrogen) atoms. The zero-order valence-corrected chi connectivity index (χ0v) is 24.3. The van der Waals surface area contributed by atoms with Crippen LogP contribution in [0.5, 0.6) is 0 Å². The molecule has 0 amide bonds. The van der Waals surface area contributed by atoms with Crippen molar-refractivity contribution >= 4 is 22.4 Å². The molecule has 2 heterocycles. The van der Waals surface area contributed by atoms with Crippen molar-refractivity contribution < 1.29 is 20.1 Å². The Bertz CT molecular complexity index is 1460. The molecule has 3 nitrogen and oxygen atoms in total. The Morgan fingerprint density at radius 1 is 0.771 bits per heavy atom. The quantitative estimate of drug-likeness (QED) is 0.197. The Labute approximate surface area is 222 Å². The fourth-order valence-corrected chi connectivity index (χ4v) is 6.55. The number of fused-ring (bicyclic) bond motifs is 6. The standard InChI is InChI=1S/C31H34N3.Ir/c1-28(2)22-18-24-26(19-23(22)29(3,4)30(28,5)6)34-27(32-24)21-16-12-13-17-25(21)33(31(34,7)8)20-14-10-9-11-15-20;/h9-15,17-19H,1-8H3;/q-1;. The fourth-order valence-electron chi connectivity index (χ4n) is 6.55. The topological polar surface area (TPSA) is 21.1 Å². The Hall–Kier alpha value is -2.42. The van der Waals surface area contributed by atoms with E-state index < -0.39 is 0 Å². The number of para-hydroxylation sites is 1. The molecule has 0 saturated heterocycles. The predicted octanol–water partition coefficient (Wildman–Crippen LogP) is 7.94. The van der Waals surface area contributed by atoms with Gasteiger partial charge in [-0.15, -0.1) is 24.3 Å². The molecule has 1 aromatic heterocycles. The average Bonchev–Trinajstić information content (AvgIpc) is 3.22.